The summed E-state index contributed by atoms with van der Waals surface area (Å²) in [6.45, 7) is 0.282. The third-order valence-electron chi connectivity index (χ3n) is 9.24. The van der Waals surface area contributed by atoms with Crippen LogP contribution in [0.3, 0.4) is 0 Å². The molecule has 3 aliphatic rings. The Bertz CT molecular complexity index is 2360. The molecule has 0 spiro atoms. The van der Waals surface area contributed by atoms with E-state index in [0.717, 1.165) is 26.1 Å². The van der Waals surface area contributed by atoms with E-state index >= 15 is 0 Å². The fourth-order valence-electron chi connectivity index (χ4n) is 6.34. The second-order valence-electron chi connectivity index (χ2n) is 13.3. The number of nitrogens with one attached hydrogen (secondary N) is 2. The SMILES string of the molecule is Cc1cn([C@H]2C[C@H](OP(=O)(O)OC[C@H]3O[C@@H](n4cc(C)c(=O)[nH]c4=O)C[C@@H]3O)[C@@H](COP(=O)(O)O[C@H]3[C@@H](O)[C@H](n4ccc(N)nc4=O)O[C@@H]3CO)O2)c(=O)[nH]c1=O. The summed E-state index contributed by atoms with van der Waals surface area (Å²) in [7, 11) is -10.4. The fourth-order valence-corrected chi connectivity index (χ4v) is 8.26. The Labute approximate surface area is 318 Å². The van der Waals surface area contributed by atoms with Crippen LogP contribution in [0.25, 0.3) is 0 Å². The number of phosphoric ester groups is 2. The predicted molar refractivity (Wildman–Crippen MR) is 186 cm³/mol. The van der Waals surface area contributed by atoms with Crippen LogP contribution in [-0.4, -0.2) is 116 Å². The maximum atomic E-state index is 13.2. The molecule has 0 bridgehead atoms. The first-order chi connectivity index (χ1) is 26.8. The Hall–Kier alpha value is -3.98. The molecule has 0 saturated carbocycles. The summed E-state index contributed by atoms with van der Waals surface area (Å²) < 4.78 is 66.9. The number of rotatable bonds is 14. The van der Waals surface area contributed by atoms with Crippen molar-refractivity contribution in [3.8, 4) is 0 Å². The van der Waals surface area contributed by atoms with Gasteiger partial charge in [0.2, 0.25) is 0 Å². The molecule has 6 rings (SSSR count). The Kier molecular flexibility index (Phi) is 12.5. The lowest BCUT2D eigenvalue weighted by Crippen LogP contribution is -2.37. The van der Waals surface area contributed by atoms with Crippen LogP contribution in [-0.2, 0) is 41.4 Å². The van der Waals surface area contributed by atoms with E-state index in [0.29, 0.717) is 0 Å². The van der Waals surface area contributed by atoms with Crippen molar-refractivity contribution < 1.29 is 66.5 Å². The lowest BCUT2D eigenvalue weighted by Gasteiger charge is -2.25. The quantitative estimate of drug-likeness (QED) is 0.0738. The molecule has 2 unspecified atom stereocenters. The van der Waals surface area contributed by atoms with Gasteiger partial charge in [-0.15, -0.1) is 0 Å². The van der Waals surface area contributed by atoms with Crippen LogP contribution < -0.4 is 33.9 Å². The first-order valence-corrected chi connectivity index (χ1v) is 20.0. The number of H-pyrrole nitrogens is 2. The van der Waals surface area contributed by atoms with Gasteiger partial charge in [0.15, 0.2) is 6.23 Å². The van der Waals surface area contributed by atoms with E-state index in [2.05, 4.69) is 15.0 Å². The Morgan fingerprint density at radius 1 is 0.825 bits per heavy atom. The average molecular weight is 852 g/mol. The minimum absolute atomic E-state index is 0.0820. The molecular weight excluding hydrogens is 812 g/mol. The Balaban J connectivity index is 1.14. The van der Waals surface area contributed by atoms with Crippen LogP contribution in [0.15, 0.2) is 48.6 Å². The van der Waals surface area contributed by atoms with Crippen LogP contribution in [0, 0.1) is 13.8 Å². The summed E-state index contributed by atoms with van der Waals surface area (Å²) in [6.07, 6.45) is -11.7. The van der Waals surface area contributed by atoms with Crippen molar-refractivity contribution in [1.82, 2.24) is 28.7 Å². The highest BCUT2D eigenvalue weighted by Crippen LogP contribution is 2.52. The minimum Gasteiger partial charge on any atom is -0.394 e. The highest BCUT2D eigenvalue weighted by molar-refractivity contribution is 7.47. The average Bonchev–Trinajstić information content (AvgIpc) is 3.80. The Morgan fingerprint density at radius 3 is 1.95 bits per heavy atom. The third-order valence-corrected chi connectivity index (χ3v) is 11.2. The Morgan fingerprint density at radius 2 is 1.37 bits per heavy atom. The van der Waals surface area contributed by atoms with E-state index in [1.807, 2.05) is 0 Å². The molecule has 0 aliphatic carbocycles. The number of anilines is 1. The molecule has 0 radical (unpaired) electrons. The van der Waals surface area contributed by atoms with Gasteiger partial charge >= 0.3 is 32.7 Å². The van der Waals surface area contributed by atoms with Crippen molar-refractivity contribution in [2.24, 2.45) is 0 Å². The zero-order valence-corrected chi connectivity index (χ0v) is 31.6. The van der Waals surface area contributed by atoms with E-state index in [-0.39, 0.29) is 23.4 Å². The standard InChI is InChI=1S/C29H39N7O19P2/c1-12-7-35(28(43)32-24(12)40)20-5-14(38)17(51-20)10-49-56(45,46)54-15-6-21(36-8-13(2)25(41)33-29(36)44)52-18(15)11-50-57(47,48)55-23-16(9-37)53-26(22(23)39)34-4-3-19(30)31-27(34)42/h3-4,7-8,14-18,20-23,26,37-39H,5-6,9-11H2,1-2H3,(H,45,46)(H,47,48)(H2,30,31,42)(H,32,40,43)(H,33,41,44)/t14-,15-,16+,17+,18+,20+,21+,22+,23+,26+/m0/s1. The largest absolute Gasteiger partial charge is 0.472 e. The lowest BCUT2D eigenvalue weighted by molar-refractivity contribution is -0.0619. The van der Waals surface area contributed by atoms with Gasteiger partial charge in [0.05, 0.1) is 25.9 Å². The first kappa shape index (κ1) is 42.6. The number of aromatic amines is 2. The maximum Gasteiger partial charge on any atom is 0.472 e. The second-order valence-corrected chi connectivity index (χ2v) is 16.1. The molecule has 0 amide bonds. The van der Waals surface area contributed by atoms with Gasteiger partial charge in [-0.3, -0.25) is 51.4 Å². The molecule has 6 heterocycles. The number of phosphoric acid groups is 2. The van der Waals surface area contributed by atoms with Crippen molar-refractivity contribution in [2.75, 3.05) is 25.6 Å². The number of aliphatic hydroxyl groups excluding tert-OH is 3. The van der Waals surface area contributed by atoms with Gasteiger partial charge in [0.1, 0.15) is 54.9 Å². The van der Waals surface area contributed by atoms with Crippen molar-refractivity contribution in [1.29, 1.82) is 0 Å². The first-order valence-electron chi connectivity index (χ1n) is 17.0. The van der Waals surface area contributed by atoms with Gasteiger partial charge in [-0.05, 0) is 19.9 Å². The number of nitrogens with zero attached hydrogens (tertiary/aromatic N) is 4. The molecule has 3 aromatic rings. The van der Waals surface area contributed by atoms with E-state index in [9.17, 15) is 58.2 Å². The number of nitrogen functional groups attached to an aromatic ring is 1. The van der Waals surface area contributed by atoms with Crippen LogP contribution in [0.5, 0.6) is 0 Å². The van der Waals surface area contributed by atoms with Crippen LogP contribution >= 0.6 is 15.6 Å². The topological polar surface area (TPSA) is 371 Å². The lowest BCUT2D eigenvalue weighted by atomic mass is 10.1. The number of aryl methyl sites for hydroxylation is 2. The fraction of sp³-hybridized carbons (Fsp3) is 0.586. The summed E-state index contributed by atoms with van der Waals surface area (Å²) >= 11 is 0. The number of nitrogens with two attached hydrogens (primary N) is 1. The van der Waals surface area contributed by atoms with Crippen molar-refractivity contribution in [2.45, 2.75) is 88.1 Å². The van der Waals surface area contributed by atoms with Crippen LogP contribution in [0.2, 0.25) is 0 Å². The molecule has 57 heavy (non-hydrogen) atoms. The second kappa shape index (κ2) is 16.7. The summed E-state index contributed by atoms with van der Waals surface area (Å²) in [6, 6.07) is 1.22. The molecule has 3 aromatic heterocycles. The number of hydrogen-bond acceptors (Lipinski definition) is 19. The van der Waals surface area contributed by atoms with Crippen LogP contribution in [0.4, 0.5) is 5.82 Å². The maximum absolute atomic E-state index is 13.2. The summed E-state index contributed by atoms with van der Waals surface area (Å²) in [4.78, 5) is 90.2. The smallest absolute Gasteiger partial charge is 0.394 e. The normalized spacial score (nSPS) is 31.0. The summed E-state index contributed by atoms with van der Waals surface area (Å²) in [5, 5.41) is 31.3. The summed E-state index contributed by atoms with van der Waals surface area (Å²) in [5.41, 5.74) is 1.72. The number of aromatic nitrogens is 6. The molecule has 12 atom stereocenters. The van der Waals surface area contributed by atoms with E-state index in [1.165, 1.54) is 26.1 Å². The van der Waals surface area contributed by atoms with E-state index in [1.54, 1.807) is 0 Å². The molecule has 314 valence electrons. The van der Waals surface area contributed by atoms with Crippen molar-refractivity contribution in [3.05, 3.63) is 87.9 Å². The van der Waals surface area contributed by atoms with Gasteiger partial charge in [-0.2, -0.15) is 4.98 Å². The van der Waals surface area contributed by atoms with Crippen molar-refractivity contribution in [3.63, 3.8) is 0 Å². The highest BCUT2D eigenvalue weighted by Gasteiger charge is 2.50. The molecule has 3 saturated heterocycles. The highest BCUT2D eigenvalue weighted by atomic mass is 31.2. The van der Waals surface area contributed by atoms with Gasteiger partial charge < -0.3 is 45.1 Å². The molecule has 0 aromatic carbocycles. The van der Waals surface area contributed by atoms with Gasteiger partial charge in [0, 0.05) is 42.6 Å². The molecule has 28 heteroatoms. The van der Waals surface area contributed by atoms with Gasteiger partial charge in [0.25, 0.3) is 11.1 Å². The van der Waals surface area contributed by atoms with Crippen LogP contribution in [0.1, 0.15) is 42.7 Å². The van der Waals surface area contributed by atoms with Crippen molar-refractivity contribution >= 4 is 21.5 Å². The predicted octanol–water partition coefficient (Wildman–Crippen LogP) is -3.27. The molecular formula is C29H39N7O19P2. The van der Waals surface area contributed by atoms with Gasteiger partial charge in [-0.25, -0.2) is 23.5 Å². The number of hydrogen-bond donors (Lipinski definition) is 8. The summed E-state index contributed by atoms with van der Waals surface area (Å²) in [5.74, 6) is -0.139. The van der Waals surface area contributed by atoms with E-state index < -0.39 is 131 Å². The minimum atomic E-state index is -5.26. The molecule has 3 fully saturated rings. The molecule has 3 aliphatic heterocycles. The monoisotopic (exact) mass is 851 g/mol. The van der Waals surface area contributed by atoms with Gasteiger partial charge in [-0.1, -0.05) is 0 Å². The molecule has 9 N–H and O–H groups in total. The molecule has 26 nitrogen and oxygen atoms in total. The zero-order valence-electron chi connectivity index (χ0n) is 29.8. The third kappa shape index (κ3) is 9.50. The number of aliphatic hydroxyl groups is 3. The number of ether oxygens (including phenoxy) is 3. The van der Waals surface area contributed by atoms with E-state index in [4.69, 9.17) is 38.0 Å². The zero-order chi connectivity index (χ0) is 41.6.